The van der Waals surface area contributed by atoms with E-state index in [0.29, 0.717) is 17.9 Å². The van der Waals surface area contributed by atoms with Crippen LogP contribution in [0.2, 0.25) is 0 Å². The number of benzene rings is 2. The van der Waals surface area contributed by atoms with E-state index in [0.717, 1.165) is 28.5 Å². The van der Waals surface area contributed by atoms with Crippen LogP contribution in [0.5, 0.6) is 0 Å². The van der Waals surface area contributed by atoms with Crippen molar-refractivity contribution in [3.8, 4) is 0 Å². The largest absolute Gasteiger partial charge is 0.382 e. The van der Waals surface area contributed by atoms with Gasteiger partial charge in [0.25, 0.3) is 0 Å². The normalized spacial score (nSPS) is 15.0. The van der Waals surface area contributed by atoms with Crippen LogP contribution < -0.4 is 11.4 Å². The minimum Gasteiger partial charge on any atom is -0.382 e. The van der Waals surface area contributed by atoms with Crippen LogP contribution in [0.3, 0.4) is 0 Å². The molecule has 1 aliphatic heterocycles. The van der Waals surface area contributed by atoms with Gasteiger partial charge in [-0.2, -0.15) is 0 Å². The molecule has 0 amide bonds. The number of rotatable bonds is 4. The van der Waals surface area contributed by atoms with E-state index in [9.17, 15) is 4.79 Å². The number of aromatic nitrogens is 3. The Balaban J connectivity index is 1.51. The zero-order valence-electron chi connectivity index (χ0n) is 15.7. The van der Waals surface area contributed by atoms with Crippen molar-refractivity contribution in [3.63, 3.8) is 0 Å². The van der Waals surface area contributed by atoms with E-state index in [2.05, 4.69) is 39.1 Å². The molecular formula is C22H23N5O. The second kappa shape index (κ2) is 6.80. The number of aromatic amines is 1. The van der Waals surface area contributed by atoms with Crippen LogP contribution in [0, 0.1) is 0 Å². The van der Waals surface area contributed by atoms with E-state index in [-0.39, 0.29) is 5.69 Å². The summed E-state index contributed by atoms with van der Waals surface area (Å²) in [6.45, 7) is 3.88. The van der Waals surface area contributed by atoms with Crippen molar-refractivity contribution in [2.45, 2.75) is 25.9 Å². The summed E-state index contributed by atoms with van der Waals surface area (Å²) < 4.78 is 1.76. The zero-order chi connectivity index (χ0) is 19.1. The van der Waals surface area contributed by atoms with Crippen LogP contribution in [0.25, 0.3) is 21.9 Å². The molecule has 1 saturated heterocycles. The molecule has 1 aliphatic rings. The average Bonchev–Trinajstić information content (AvgIpc) is 3.32. The summed E-state index contributed by atoms with van der Waals surface area (Å²) in [5, 5.41) is 0.927. The van der Waals surface area contributed by atoms with E-state index < -0.39 is 0 Å². The first kappa shape index (κ1) is 17.0. The van der Waals surface area contributed by atoms with Crippen molar-refractivity contribution >= 4 is 27.8 Å². The number of imidazole rings is 1. The topological polar surface area (TPSA) is 79.9 Å². The van der Waals surface area contributed by atoms with Crippen LogP contribution in [-0.4, -0.2) is 32.5 Å². The Labute approximate surface area is 162 Å². The van der Waals surface area contributed by atoms with Crippen LogP contribution in [0.15, 0.2) is 53.3 Å². The number of likely N-dealkylation sites (tertiary alicyclic amines) is 1. The zero-order valence-corrected chi connectivity index (χ0v) is 15.7. The highest BCUT2D eigenvalue weighted by atomic mass is 16.1. The third-order valence-corrected chi connectivity index (χ3v) is 5.61. The van der Waals surface area contributed by atoms with E-state index >= 15 is 0 Å². The number of nitrogen functional groups attached to an aromatic ring is 1. The van der Waals surface area contributed by atoms with Gasteiger partial charge in [0.15, 0.2) is 0 Å². The predicted molar refractivity (Wildman–Crippen MR) is 112 cm³/mol. The van der Waals surface area contributed by atoms with Gasteiger partial charge in [-0.1, -0.05) is 42.5 Å². The first-order valence-corrected chi connectivity index (χ1v) is 9.76. The van der Waals surface area contributed by atoms with Crippen LogP contribution in [0.1, 0.15) is 24.0 Å². The Hall–Kier alpha value is -3.12. The quantitative estimate of drug-likeness (QED) is 0.576. The molecule has 0 unspecified atom stereocenters. The number of pyridine rings is 1. The molecule has 0 bridgehead atoms. The lowest BCUT2D eigenvalue weighted by atomic mass is 10.1. The van der Waals surface area contributed by atoms with Crippen molar-refractivity contribution < 1.29 is 0 Å². The molecule has 2 aromatic heterocycles. The molecule has 2 aromatic carbocycles. The number of anilines is 1. The molecule has 6 heteroatoms. The number of fused-ring (bicyclic) bond motifs is 3. The average molecular weight is 373 g/mol. The maximum atomic E-state index is 12.7. The predicted octanol–water partition coefficient (Wildman–Crippen LogP) is 3.10. The molecule has 0 atom stereocenters. The van der Waals surface area contributed by atoms with Crippen molar-refractivity contribution in [1.29, 1.82) is 0 Å². The fraction of sp³-hybridized carbons (Fsp3) is 0.273. The molecule has 3 N–H and O–H groups in total. The molecule has 0 spiro atoms. The molecule has 0 aliphatic carbocycles. The molecule has 3 heterocycles. The standard InChI is InChI=1S/C22H23N5O/c23-21-19-20(17-5-1-2-6-18(17)24-21)27(22(28)25-19)14-16-9-7-15(8-10-16)13-26-11-3-4-12-26/h1-2,5-10H,3-4,11-14H2,(H2,23,24)(H,25,28). The molecule has 0 saturated carbocycles. The first-order chi connectivity index (χ1) is 13.7. The SMILES string of the molecule is Nc1nc2ccccc2c2c1[nH]c(=O)n2Cc1ccc(CN2CCCC2)cc1. The number of nitrogens with zero attached hydrogens (tertiary/aromatic N) is 3. The highest BCUT2D eigenvalue weighted by Gasteiger charge is 2.15. The molecule has 5 rings (SSSR count). The lowest BCUT2D eigenvalue weighted by Crippen LogP contribution is -2.19. The maximum Gasteiger partial charge on any atom is 0.326 e. The second-order valence-electron chi connectivity index (χ2n) is 7.55. The summed E-state index contributed by atoms with van der Waals surface area (Å²) >= 11 is 0. The smallest absolute Gasteiger partial charge is 0.326 e. The summed E-state index contributed by atoms with van der Waals surface area (Å²) in [5.74, 6) is 0.352. The number of H-pyrrole nitrogens is 1. The molecule has 0 radical (unpaired) electrons. The van der Waals surface area contributed by atoms with Crippen LogP contribution >= 0.6 is 0 Å². The van der Waals surface area contributed by atoms with Gasteiger partial charge in [-0.15, -0.1) is 0 Å². The second-order valence-corrected chi connectivity index (χ2v) is 7.55. The lowest BCUT2D eigenvalue weighted by molar-refractivity contribution is 0.331. The van der Waals surface area contributed by atoms with Gasteiger partial charge in [0.2, 0.25) is 0 Å². The molecule has 142 valence electrons. The number of hydrogen-bond donors (Lipinski definition) is 2. The molecule has 6 nitrogen and oxygen atoms in total. The van der Waals surface area contributed by atoms with Crippen LogP contribution in [-0.2, 0) is 13.1 Å². The summed E-state index contributed by atoms with van der Waals surface area (Å²) in [6.07, 6.45) is 2.60. The number of para-hydroxylation sites is 1. The highest BCUT2D eigenvalue weighted by Crippen LogP contribution is 2.26. The lowest BCUT2D eigenvalue weighted by Gasteiger charge is -2.14. The van der Waals surface area contributed by atoms with E-state index in [1.807, 2.05) is 24.3 Å². The van der Waals surface area contributed by atoms with Crippen molar-refractivity contribution in [1.82, 2.24) is 19.4 Å². The highest BCUT2D eigenvalue weighted by molar-refractivity contribution is 6.06. The van der Waals surface area contributed by atoms with Gasteiger partial charge in [-0.05, 0) is 43.1 Å². The Bertz CT molecular complexity index is 1200. The minimum absolute atomic E-state index is 0.166. The van der Waals surface area contributed by atoms with E-state index in [1.54, 1.807) is 4.57 Å². The molecule has 1 fully saturated rings. The van der Waals surface area contributed by atoms with Gasteiger partial charge >= 0.3 is 5.69 Å². The summed E-state index contributed by atoms with van der Waals surface area (Å²) in [6, 6.07) is 16.3. The summed E-state index contributed by atoms with van der Waals surface area (Å²) in [4.78, 5) is 22.4. The third kappa shape index (κ3) is 2.96. The van der Waals surface area contributed by atoms with Gasteiger partial charge in [-0.25, -0.2) is 9.78 Å². The minimum atomic E-state index is -0.166. The van der Waals surface area contributed by atoms with Crippen molar-refractivity contribution in [3.05, 3.63) is 70.1 Å². The van der Waals surface area contributed by atoms with E-state index in [4.69, 9.17) is 5.73 Å². The van der Waals surface area contributed by atoms with E-state index in [1.165, 1.54) is 31.5 Å². The number of nitrogens with one attached hydrogen (secondary N) is 1. The van der Waals surface area contributed by atoms with Crippen molar-refractivity contribution in [2.24, 2.45) is 0 Å². The third-order valence-electron chi connectivity index (χ3n) is 5.61. The fourth-order valence-corrected chi connectivity index (χ4v) is 4.18. The molecule has 4 aromatic rings. The fourth-order valence-electron chi connectivity index (χ4n) is 4.18. The Morgan fingerprint density at radius 1 is 0.964 bits per heavy atom. The van der Waals surface area contributed by atoms with Crippen molar-refractivity contribution in [2.75, 3.05) is 18.8 Å². The van der Waals surface area contributed by atoms with Gasteiger partial charge in [0, 0.05) is 11.9 Å². The first-order valence-electron chi connectivity index (χ1n) is 9.76. The van der Waals surface area contributed by atoms with Gasteiger partial charge in [0.1, 0.15) is 11.3 Å². The Kier molecular flexibility index (Phi) is 4.13. The van der Waals surface area contributed by atoms with Gasteiger partial charge in [0.05, 0.1) is 17.6 Å². The Morgan fingerprint density at radius 2 is 1.64 bits per heavy atom. The molecule has 28 heavy (non-hydrogen) atoms. The maximum absolute atomic E-state index is 12.7. The summed E-state index contributed by atoms with van der Waals surface area (Å²) in [7, 11) is 0. The molecular weight excluding hydrogens is 350 g/mol. The number of nitrogens with two attached hydrogens (primary N) is 1. The summed E-state index contributed by atoms with van der Waals surface area (Å²) in [5.41, 5.74) is 10.5. The Morgan fingerprint density at radius 3 is 2.39 bits per heavy atom. The van der Waals surface area contributed by atoms with Gasteiger partial charge in [-0.3, -0.25) is 9.47 Å². The monoisotopic (exact) mass is 373 g/mol. The van der Waals surface area contributed by atoms with Gasteiger partial charge < -0.3 is 10.7 Å². The number of hydrogen-bond acceptors (Lipinski definition) is 4. The van der Waals surface area contributed by atoms with Crippen LogP contribution in [0.4, 0.5) is 5.82 Å².